The first kappa shape index (κ1) is 20.8. The van der Waals surface area contributed by atoms with E-state index < -0.39 is 29.9 Å². The Balaban J connectivity index is 1.30. The summed E-state index contributed by atoms with van der Waals surface area (Å²) in [5.41, 5.74) is 1.26. The van der Waals surface area contributed by atoms with Gasteiger partial charge < -0.3 is 5.32 Å². The topological polar surface area (TPSA) is 109 Å². The molecule has 0 unspecified atom stereocenters. The molecule has 2 N–H and O–H groups in total. The molecule has 0 bridgehead atoms. The van der Waals surface area contributed by atoms with E-state index in [0.717, 1.165) is 16.2 Å². The van der Waals surface area contributed by atoms with Crippen LogP contribution in [0.4, 0.5) is 9.93 Å². The van der Waals surface area contributed by atoms with Crippen molar-refractivity contribution in [1.29, 1.82) is 0 Å². The number of hydrogen-bond donors (Lipinski definition) is 2. The van der Waals surface area contributed by atoms with Crippen molar-refractivity contribution in [2.75, 3.05) is 11.9 Å². The van der Waals surface area contributed by atoms with Gasteiger partial charge in [-0.25, -0.2) is 14.3 Å². The van der Waals surface area contributed by atoms with Crippen molar-refractivity contribution < 1.29 is 14.4 Å². The van der Waals surface area contributed by atoms with E-state index in [-0.39, 0.29) is 0 Å². The zero-order valence-electron chi connectivity index (χ0n) is 17.7. The predicted octanol–water partition coefficient (Wildman–Crippen LogP) is 3.25. The molecule has 3 heterocycles. The number of aromatic nitrogens is 3. The molecule has 4 aromatic rings. The van der Waals surface area contributed by atoms with E-state index in [1.807, 2.05) is 55.5 Å². The maximum Gasteiger partial charge on any atom is 0.325 e. The van der Waals surface area contributed by atoms with Crippen molar-refractivity contribution in [1.82, 2.24) is 24.8 Å². The molecule has 0 spiro atoms. The Labute approximate surface area is 193 Å². The number of imidazole rings is 1. The average Bonchev–Trinajstić information content (AvgIpc) is 3.47. The average molecular weight is 461 g/mol. The minimum absolute atomic E-state index is 0.332. The molecule has 1 atom stereocenters. The van der Waals surface area contributed by atoms with Crippen LogP contribution in [0.5, 0.6) is 0 Å². The largest absolute Gasteiger partial charge is 0.325 e. The van der Waals surface area contributed by atoms with Gasteiger partial charge in [0.1, 0.15) is 12.1 Å². The fourth-order valence-corrected chi connectivity index (χ4v) is 4.73. The van der Waals surface area contributed by atoms with Crippen molar-refractivity contribution in [2.45, 2.75) is 18.9 Å². The third-order valence-electron chi connectivity index (χ3n) is 5.63. The highest BCUT2D eigenvalue weighted by molar-refractivity contribution is 7.20. The Hall–Kier alpha value is -4.05. The van der Waals surface area contributed by atoms with Gasteiger partial charge in [-0.1, -0.05) is 78.9 Å². The van der Waals surface area contributed by atoms with E-state index in [1.165, 1.54) is 11.3 Å². The molecule has 1 fully saturated rings. The lowest BCUT2D eigenvalue weighted by atomic mass is 9.87. The van der Waals surface area contributed by atoms with Gasteiger partial charge in [0.15, 0.2) is 0 Å². The number of hydrogen-bond acceptors (Lipinski definition) is 6. The summed E-state index contributed by atoms with van der Waals surface area (Å²) in [7, 11) is 0. The van der Waals surface area contributed by atoms with Gasteiger partial charge in [0.25, 0.3) is 5.91 Å². The van der Waals surface area contributed by atoms with E-state index in [9.17, 15) is 14.4 Å². The zero-order valence-corrected chi connectivity index (χ0v) is 18.5. The first-order valence-corrected chi connectivity index (χ1v) is 11.2. The molecule has 1 aliphatic rings. The molecular weight excluding hydrogens is 440 g/mol. The predicted molar refractivity (Wildman–Crippen MR) is 124 cm³/mol. The molecule has 166 valence electrons. The number of anilines is 1. The molecule has 10 heteroatoms. The highest BCUT2D eigenvalue weighted by atomic mass is 32.1. The number of carbonyl (C=O) groups excluding carboxylic acids is 3. The third kappa shape index (κ3) is 3.64. The molecule has 1 saturated heterocycles. The van der Waals surface area contributed by atoms with Crippen LogP contribution in [0.1, 0.15) is 18.9 Å². The zero-order chi connectivity index (χ0) is 23.0. The van der Waals surface area contributed by atoms with Gasteiger partial charge in [0.2, 0.25) is 16.0 Å². The van der Waals surface area contributed by atoms with Crippen molar-refractivity contribution in [2.24, 2.45) is 0 Å². The molecule has 0 aliphatic carbocycles. The number of nitrogens with one attached hydrogen (secondary N) is 2. The molecule has 33 heavy (non-hydrogen) atoms. The Kier molecular flexibility index (Phi) is 5.14. The molecule has 2 aromatic heterocycles. The van der Waals surface area contributed by atoms with E-state index >= 15 is 0 Å². The van der Waals surface area contributed by atoms with Crippen LogP contribution in [-0.2, 0) is 15.1 Å². The summed E-state index contributed by atoms with van der Waals surface area (Å²) in [5.74, 6) is -0.962. The molecule has 9 nitrogen and oxygen atoms in total. The summed E-state index contributed by atoms with van der Waals surface area (Å²) < 4.78 is 1.59. The van der Waals surface area contributed by atoms with Gasteiger partial charge in [0, 0.05) is 5.56 Å². The van der Waals surface area contributed by atoms with Crippen LogP contribution in [0.25, 0.3) is 16.2 Å². The third-order valence-corrected chi connectivity index (χ3v) is 6.47. The molecule has 4 amide bonds. The van der Waals surface area contributed by atoms with Crippen molar-refractivity contribution >= 4 is 39.3 Å². The van der Waals surface area contributed by atoms with Crippen LogP contribution in [-0.4, -0.2) is 43.9 Å². The van der Waals surface area contributed by atoms with Gasteiger partial charge in [-0.05, 0) is 12.0 Å². The van der Waals surface area contributed by atoms with Crippen LogP contribution in [0.2, 0.25) is 0 Å². The quantitative estimate of drug-likeness (QED) is 0.430. The summed E-state index contributed by atoms with van der Waals surface area (Å²) in [4.78, 5) is 44.5. The Morgan fingerprint density at radius 1 is 1.09 bits per heavy atom. The molecular formula is C23H20N6O3S. The number of benzene rings is 2. The summed E-state index contributed by atoms with van der Waals surface area (Å²) >= 11 is 1.21. The normalized spacial score (nSPS) is 18.0. The number of rotatable bonds is 6. The van der Waals surface area contributed by atoms with Crippen LogP contribution in [0.3, 0.4) is 0 Å². The molecule has 5 rings (SSSR count). The number of carbonyl (C=O) groups is 3. The Bertz CT molecular complexity index is 1320. The van der Waals surface area contributed by atoms with E-state index in [0.29, 0.717) is 22.1 Å². The highest BCUT2D eigenvalue weighted by Crippen LogP contribution is 2.32. The second-order valence-electron chi connectivity index (χ2n) is 7.62. The SMILES string of the molecule is CC[C@]1(c2ccccc2)NC(=O)N(CC(=O)Nc2nn3cc(-c4ccccc4)nc3s2)C1=O. The lowest BCUT2D eigenvalue weighted by Crippen LogP contribution is -2.44. The van der Waals surface area contributed by atoms with E-state index in [4.69, 9.17) is 0 Å². The summed E-state index contributed by atoms with van der Waals surface area (Å²) in [6, 6.07) is 18.2. The summed E-state index contributed by atoms with van der Waals surface area (Å²) in [6.45, 7) is 1.42. The van der Waals surface area contributed by atoms with Crippen LogP contribution >= 0.6 is 11.3 Å². The smallest absolute Gasteiger partial charge is 0.319 e. The van der Waals surface area contributed by atoms with Crippen molar-refractivity contribution in [3.05, 3.63) is 72.4 Å². The number of fused-ring (bicyclic) bond motifs is 1. The van der Waals surface area contributed by atoms with Crippen LogP contribution < -0.4 is 10.6 Å². The Morgan fingerprint density at radius 2 is 1.79 bits per heavy atom. The molecule has 0 saturated carbocycles. The minimum Gasteiger partial charge on any atom is -0.319 e. The maximum atomic E-state index is 13.2. The standard InChI is InChI=1S/C23H20N6O3S/c1-2-23(16-11-7-4-8-12-16)19(31)28(21(32)26-23)14-18(30)25-20-27-29-13-17(24-22(29)33-20)15-9-5-3-6-10-15/h3-13H,2,14H2,1H3,(H,26,32)(H,25,27,30)/t23-/m1/s1. The minimum atomic E-state index is -1.17. The fourth-order valence-electron chi connectivity index (χ4n) is 3.93. The second-order valence-corrected chi connectivity index (χ2v) is 8.58. The fraction of sp³-hybridized carbons (Fsp3) is 0.174. The number of amides is 4. The maximum absolute atomic E-state index is 13.2. The highest BCUT2D eigenvalue weighted by Gasteiger charge is 2.51. The molecule has 2 aromatic carbocycles. The number of nitrogens with zero attached hydrogens (tertiary/aromatic N) is 4. The first-order valence-electron chi connectivity index (χ1n) is 10.4. The Morgan fingerprint density at radius 3 is 2.45 bits per heavy atom. The molecule has 1 aliphatic heterocycles. The monoisotopic (exact) mass is 460 g/mol. The second kappa shape index (κ2) is 8.14. The van der Waals surface area contributed by atoms with E-state index in [2.05, 4.69) is 20.7 Å². The van der Waals surface area contributed by atoms with Gasteiger partial charge in [-0.15, -0.1) is 5.10 Å². The number of urea groups is 1. The van der Waals surface area contributed by atoms with Gasteiger partial charge >= 0.3 is 6.03 Å². The van der Waals surface area contributed by atoms with Crippen LogP contribution in [0, 0.1) is 0 Å². The molecule has 0 radical (unpaired) electrons. The number of imide groups is 1. The van der Waals surface area contributed by atoms with Crippen molar-refractivity contribution in [3.63, 3.8) is 0 Å². The van der Waals surface area contributed by atoms with Crippen molar-refractivity contribution in [3.8, 4) is 11.3 Å². The first-order chi connectivity index (χ1) is 16.0. The van der Waals surface area contributed by atoms with Crippen LogP contribution in [0.15, 0.2) is 66.9 Å². The lowest BCUT2D eigenvalue weighted by Gasteiger charge is -2.25. The summed E-state index contributed by atoms with van der Waals surface area (Å²) in [6.07, 6.45) is 2.15. The van der Waals surface area contributed by atoms with Gasteiger partial charge in [0.05, 0.1) is 11.9 Å². The van der Waals surface area contributed by atoms with E-state index in [1.54, 1.807) is 22.8 Å². The lowest BCUT2D eigenvalue weighted by molar-refractivity contribution is -0.134. The van der Waals surface area contributed by atoms with Gasteiger partial charge in [-0.2, -0.15) is 0 Å². The summed E-state index contributed by atoms with van der Waals surface area (Å²) in [5, 5.41) is 10.1. The van der Waals surface area contributed by atoms with Gasteiger partial charge in [-0.3, -0.25) is 19.8 Å².